The predicted octanol–water partition coefficient (Wildman–Crippen LogP) is -15.7. The molecule has 0 aromatic rings. The Labute approximate surface area is 510 Å². The molecular weight excluding hydrogens is 1230 g/mol. The lowest BCUT2D eigenvalue weighted by Crippen LogP contribution is -2.71. The van der Waals surface area contributed by atoms with E-state index in [4.69, 9.17) is 61.6 Å². The first kappa shape index (κ1) is 74.0. The van der Waals surface area contributed by atoms with E-state index in [1.54, 1.807) is 0 Å². The molecule has 0 bridgehead atoms. The summed E-state index contributed by atoms with van der Waals surface area (Å²) < 4.78 is 75.7. The second-order valence-corrected chi connectivity index (χ2v) is 22.5. The van der Waals surface area contributed by atoms with Crippen molar-refractivity contribution in [1.82, 2.24) is 21.3 Å². The Kier molecular flexibility index (Phi) is 26.6. The summed E-state index contributed by atoms with van der Waals surface area (Å²) in [4.78, 5) is 50.1. The molecule has 4 amide bonds. The molecule has 0 aromatic carbocycles. The highest BCUT2D eigenvalue weighted by Crippen LogP contribution is 2.38. The first-order valence-electron chi connectivity index (χ1n) is 28.6. The van der Waals surface area contributed by atoms with Crippen LogP contribution in [-0.4, -0.2) is 382 Å². The Balaban J connectivity index is 1.18. The predicted molar refractivity (Wildman–Crippen MR) is 278 cm³/mol. The number of nitrogens with one attached hydrogen (secondary N) is 4. The van der Waals surface area contributed by atoms with Gasteiger partial charge in [0.05, 0.1) is 46.2 Å². The van der Waals surface area contributed by atoms with Crippen LogP contribution >= 0.6 is 0 Å². The molecule has 40 nitrogen and oxygen atoms in total. The van der Waals surface area contributed by atoms with Gasteiger partial charge in [0.25, 0.3) is 0 Å². The second kappa shape index (κ2) is 32.4. The minimum Gasteiger partial charge on any atom is -0.394 e. The maximum Gasteiger partial charge on any atom is 0.217 e. The zero-order valence-electron chi connectivity index (χ0n) is 48.6. The van der Waals surface area contributed by atoms with Gasteiger partial charge in [-0.1, -0.05) is 0 Å². The third-order valence-electron chi connectivity index (χ3n) is 16.1. The van der Waals surface area contributed by atoms with Crippen molar-refractivity contribution in [2.45, 2.75) is 242 Å². The Bertz CT molecular complexity index is 2310. The van der Waals surface area contributed by atoms with Gasteiger partial charge in [-0.2, -0.15) is 0 Å². The zero-order chi connectivity index (χ0) is 66.5. The molecule has 23 N–H and O–H groups in total. The molecule has 0 saturated carbocycles. The summed E-state index contributed by atoms with van der Waals surface area (Å²) in [6.45, 7) is -2.93. The van der Waals surface area contributed by atoms with E-state index >= 15 is 0 Å². The van der Waals surface area contributed by atoms with Gasteiger partial charge < -0.3 is 180 Å². The number of aliphatic hydroxyl groups excluding tert-OH is 19. The molecule has 0 radical (unpaired) electrons. The minimum atomic E-state index is -2.38. The van der Waals surface area contributed by atoms with Crippen molar-refractivity contribution in [3.05, 3.63) is 0 Å². The fourth-order valence-electron chi connectivity index (χ4n) is 11.5. The van der Waals surface area contributed by atoms with E-state index in [1.807, 2.05) is 0 Å². The van der Waals surface area contributed by atoms with Crippen LogP contribution in [-0.2, 0) is 80.8 Å². The van der Waals surface area contributed by atoms with Gasteiger partial charge in [-0.15, -0.1) is 0 Å². The Morgan fingerprint density at radius 2 is 0.589 bits per heavy atom. The number of rotatable bonds is 23. The van der Waals surface area contributed by atoms with Crippen molar-refractivity contribution in [3.63, 3.8) is 0 Å². The van der Waals surface area contributed by atoms with Gasteiger partial charge in [-0.3, -0.25) is 19.2 Å². The minimum absolute atomic E-state index is 0.767. The monoisotopic (exact) mass is 1320 g/mol. The highest BCUT2D eigenvalue weighted by atomic mass is 16.8. The van der Waals surface area contributed by atoms with Crippen LogP contribution in [0, 0.1) is 0 Å². The normalized spacial score (nSPS) is 47.6. The molecule has 0 unspecified atom stereocenters. The third kappa shape index (κ3) is 16.4. The van der Waals surface area contributed by atoms with Crippen LogP contribution in [0.1, 0.15) is 27.7 Å². The standard InChI is InChI=1S/C50H84N4O36/c1-12(61)51-23-32(70)27(65)16(5-55)80-45(23)78-11-22-31(69)43(90-47-24(52-13(2)62)33(71)39(20(9-59)83-47)86-48-36(74)35(73)28(66)17(6-56)81-48)38(76)50(85-22)87-40-21(10-60)84-46(25(34(40)72)53-14(3)63)89-42-30(68)19(8-58)82-49(37(42)75)88-41-26(54-15(4)64)44(77)79-18(7-57)29(41)67/h16-50,55-60,65-77H,5-11H2,1-4H3,(H,51,61)(H,52,62)(H,53,63)(H,54,64)/t16-,17-,18-,19-,20-,21-,22-,23-,24-,25-,26-,27-,28+,29+,30+,31+,32-,33-,34-,35+,36-,37-,38-,39-,40-,41-,42+,43+,44+,45-,46+,47+,48+,49+,50+/m1/s1. The van der Waals surface area contributed by atoms with Gasteiger partial charge in [0.2, 0.25) is 23.6 Å². The van der Waals surface area contributed by atoms with Crippen molar-refractivity contribution < 1.29 is 178 Å². The van der Waals surface area contributed by atoms with Gasteiger partial charge in [-0.25, -0.2) is 0 Å². The van der Waals surface area contributed by atoms with E-state index < -0.39 is 285 Å². The number of amides is 4. The van der Waals surface area contributed by atoms with Crippen LogP contribution in [0.2, 0.25) is 0 Å². The van der Waals surface area contributed by atoms with Crippen LogP contribution in [0.3, 0.4) is 0 Å². The number of carbonyl (C=O) groups excluding carboxylic acids is 4. The van der Waals surface area contributed by atoms with Gasteiger partial charge in [0.15, 0.2) is 44.0 Å². The molecule has 520 valence electrons. The lowest BCUT2D eigenvalue weighted by molar-refractivity contribution is -0.387. The third-order valence-corrected chi connectivity index (χ3v) is 16.1. The SMILES string of the molecule is CC(=O)N[C@@H]1[C@@H](O[C@@H]2O[C@H](CO)[C@H](O)[C@H](O[C@@H]3O[C@H](CO)[C@@H](O[C@@H]4O[C@H](CO[C@@H]5O[C@H](CO)[C@@H](O)[C@H](O)[C@H]5NC(C)=O)[C@H](O)[C@H](O[C@@H]5O[C@H](CO)[C@@H](O[C@@H]6O[C@H](CO)[C@H](O)[C@H](O)[C@H]6O)[C@H](O)[C@H]5NC(C)=O)[C@H]4O)[C@H](O)[C@H]3NC(C)=O)[C@H]2O)[C@@H](O)[C@@H](CO)O[C@@H]1O. The van der Waals surface area contributed by atoms with Crippen LogP contribution < -0.4 is 21.3 Å². The van der Waals surface area contributed by atoms with Crippen molar-refractivity contribution in [2.75, 3.05) is 46.2 Å². The van der Waals surface area contributed by atoms with E-state index in [2.05, 4.69) is 21.3 Å². The van der Waals surface area contributed by atoms with Crippen LogP contribution in [0.5, 0.6) is 0 Å². The molecule has 7 fully saturated rings. The van der Waals surface area contributed by atoms with E-state index in [1.165, 1.54) is 0 Å². The molecule has 40 heteroatoms. The number of aliphatic hydroxyl groups is 19. The lowest BCUT2D eigenvalue weighted by atomic mass is 9.93. The fraction of sp³-hybridized carbons (Fsp3) is 0.920. The van der Waals surface area contributed by atoms with Gasteiger partial charge in [0, 0.05) is 27.7 Å². The molecular formula is C50H84N4O36. The first-order valence-corrected chi connectivity index (χ1v) is 28.6. The molecule has 7 rings (SSSR count). The van der Waals surface area contributed by atoms with E-state index in [9.17, 15) is 116 Å². The smallest absolute Gasteiger partial charge is 0.217 e. The van der Waals surface area contributed by atoms with Gasteiger partial charge >= 0.3 is 0 Å². The maximum absolute atomic E-state index is 12.9. The summed E-state index contributed by atoms with van der Waals surface area (Å²) in [6.07, 6.45) is -60.6. The molecule has 7 saturated heterocycles. The van der Waals surface area contributed by atoms with Crippen molar-refractivity contribution in [2.24, 2.45) is 0 Å². The molecule has 0 aromatic heterocycles. The molecule has 35 atom stereocenters. The lowest BCUT2D eigenvalue weighted by Gasteiger charge is -2.51. The zero-order valence-corrected chi connectivity index (χ0v) is 48.6. The van der Waals surface area contributed by atoms with E-state index in [0.717, 1.165) is 27.7 Å². The molecule has 7 heterocycles. The summed E-state index contributed by atoms with van der Waals surface area (Å²) in [5.41, 5.74) is 0. The van der Waals surface area contributed by atoms with Crippen molar-refractivity contribution >= 4 is 23.6 Å². The van der Waals surface area contributed by atoms with Gasteiger partial charge in [0.1, 0.15) is 171 Å². The largest absolute Gasteiger partial charge is 0.394 e. The van der Waals surface area contributed by atoms with Crippen LogP contribution in [0.4, 0.5) is 0 Å². The number of carbonyl (C=O) groups is 4. The molecule has 7 aliphatic heterocycles. The Morgan fingerprint density at radius 1 is 0.289 bits per heavy atom. The van der Waals surface area contributed by atoms with E-state index in [0.29, 0.717) is 0 Å². The second-order valence-electron chi connectivity index (χ2n) is 22.5. The summed E-state index contributed by atoms with van der Waals surface area (Å²) in [6, 6.07) is -6.98. The summed E-state index contributed by atoms with van der Waals surface area (Å²) in [7, 11) is 0. The highest BCUT2D eigenvalue weighted by molar-refractivity contribution is 5.74. The average molecular weight is 1320 g/mol. The summed E-state index contributed by atoms with van der Waals surface area (Å²) >= 11 is 0. The average Bonchev–Trinajstić information content (AvgIpc) is 0.963. The number of ether oxygens (including phenoxy) is 13. The number of hydrogen-bond acceptors (Lipinski definition) is 36. The maximum atomic E-state index is 12.9. The fourth-order valence-corrected chi connectivity index (χ4v) is 11.5. The van der Waals surface area contributed by atoms with Crippen molar-refractivity contribution in [3.8, 4) is 0 Å². The summed E-state index contributed by atoms with van der Waals surface area (Å²) in [5.74, 6) is -3.37. The van der Waals surface area contributed by atoms with Crippen LogP contribution in [0.25, 0.3) is 0 Å². The molecule has 90 heavy (non-hydrogen) atoms. The quantitative estimate of drug-likeness (QED) is 0.0452. The topological polar surface area (TPSA) is 621 Å². The van der Waals surface area contributed by atoms with Gasteiger partial charge in [-0.05, 0) is 0 Å². The number of hydrogen-bond donors (Lipinski definition) is 23. The molecule has 7 aliphatic rings. The Hall–Kier alpha value is -3.40. The highest BCUT2D eigenvalue weighted by Gasteiger charge is 2.59. The molecule has 0 spiro atoms. The molecule has 0 aliphatic carbocycles. The first-order chi connectivity index (χ1) is 42.5. The summed E-state index contributed by atoms with van der Waals surface area (Å²) in [5, 5.41) is 217. The van der Waals surface area contributed by atoms with Crippen molar-refractivity contribution in [1.29, 1.82) is 0 Å². The Morgan fingerprint density at radius 3 is 1.01 bits per heavy atom. The van der Waals surface area contributed by atoms with E-state index in [-0.39, 0.29) is 0 Å². The van der Waals surface area contributed by atoms with Crippen LogP contribution in [0.15, 0.2) is 0 Å².